The summed E-state index contributed by atoms with van der Waals surface area (Å²) >= 11 is 0. The van der Waals surface area contributed by atoms with Gasteiger partial charge < -0.3 is 15.4 Å². The van der Waals surface area contributed by atoms with Gasteiger partial charge in [0, 0.05) is 26.1 Å². The van der Waals surface area contributed by atoms with Crippen molar-refractivity contribution in [1.82, 2.24) is 4.90 Å². The number of nitrogens with two attached hydrogens (primary N) is 1. The molecule has 110 valence electrons. The monoisotopic (exact) mass is 284 g/mol. The first-order valence-electron chi connectivity index (χ1n) is 6.53. The van der Waals surface area contributed by atoms with Crippen molar-refractivity contribution in [3.05, 3.63) is 29.3 Å². The van der Waals surface area contributed by atoms with Gasteiger partial charge >= 0.3 is 0 Å². The highest BCUT2D eigenvalue weighted by Gasteiger charge is 2.32. The summed E-state index contributed by atoms with van der Waals surface area (Å²) in [7, 11) is 1.63. The second-order valence-electron chi connectivity index (χ2n) is 5.22. The zero-order valence-electron chi connectivity index (χ0n) is 11.5. The molecule has 1 aliphatic heterocycles. The van der Waals surface area contributed by atoms with Crippen LogP contribution >= 0.6 is 0 Å². The van der Waals surface area contributed by atoms with Crippen molar-refractivity contribution < 1.29 is 18.3 Å². The minimum absolute atomic E-state index is 0.189. The lowest BCUT2D eigenvalue weighted by atomic mass is 10.1. The first-order chi connectivity index (χ1) is 9.38. The summed E-state index contributed by atoms with van der Waals surface area (Å²) in [5.74, 6) is -2.36. The van der Waals surface area contributed by atoms with Crippen LogP contribution in [0.3, 0.4) is 0 Å². The summed E-state index contributed by atoms with van der Waals surface area (Å²) in [6.07, 6.45) is -0.0158. The van der Waals surface area contributed by atoms with Gasteiger partial charge in [-0.3, -0.25) is 4.79 Å². The van der Waals surface area contributed by atoms with Crippen molar-refractivity contribution in [2.45, 2.75) is 31.9 Å². The van der Waals surface area contributed by atoms with Crippen LogP contribution in [0, 0.1) is 11.6 Å². The molecule has 4 nitrogen and oxygen atoms in total. The Labute approximate surface area is 116 Å². The summed E-state index contributed by atoms with van der Waals surface area (Å²) in [5.41, 5.74) is 6.07. The Morgan fingerprint density at radius 3 is 2.50 bits per heavy atom. The van der Waals surface area contributed by atoms with Crippen LogP contribution in [0.2, 0.25) is 0 Å². The second kappa shape index (κ2) is 5.75. The highest BCUT2D eigenvalue weighted by atomic mass is 19.1. The molecule has 2 N–H and O–H groups in total. The number of hydrogen-bond donors (Lipinski definition) is 1. The Kier molecular flexibility index (Phi) is 4.23. The Morgan fingerprint density at radius 1 is 1.45 bits per heavy atom. The van der Waals surface area contributed by atoms with E-state index >= 15 is 0 Å². The van der Waals surface area contributed by atoms with E-state index < -0.39 is 23.5 Å². The van der Waals surface area contributed by atoms with Crippen molar-refractivity contribution >= 4 is 5.91 Å². The third-order valence-electron chi connectivity index (χ3n) is 3.25. The number of halogens is 2. The number of hydrogen-bond acceptors (Lipinski definition) is 3. The van der Waals surface area contributed by atoms with Crippen LogP contribution < -0.4 is 10.5 Å². The van der Waals surface area contributed by atoms with E-state index in [1.165, 1.54) is 17.0 Å². The van der Waals surface area contributed by atoms with Crippen LogP contribution in [0.1, 0.15) is 18.9 Å². The van der Waals surface area contributed by atoms with E-state index in [4.69, 9.17) is 10.5 Å². The maximum Gasteiger partial charge on any atom is 0.263 e. The molecule has 1 aromatic rings. The molecule has 1 aliphatic rings. The van der Waals surface area contributed by atoms with Crippen LogP contribution in [0.5, 0.6) is 5.75 Å². The van der Waals surface area contributed by atoms with E-state index in [1.807, 2.05) is 0 Å². The fourth-order valence-electron chi connectivity index (χ4n) is 2.26. The molecule has 1 heterocycles. The Hall–Kier alpha value is -1.69. The molecular formula is C14H18F2N2O2. The molecule has 1 amide bonds. The summed E-state index contributed by atoms with van der Waals surface area (Å²) < 4.78 is 33.0. The van der Waals surface area contributed by atoms with Gasteiger partial charge in [-0.2, -0.15) is 0 Å². The number of rotatable bonds is 4. The number of benzene rings is 1. The average Bonchev–Trinajstić information content (AvgIpc) is 2.64. The van der Waals surface area contributed by atoms with Gasteiger partial charge in [0.05, 0.1) is 0 Å². The van der Waals surface area contributed by atoms with Crippen LogP contribution in [-0.4, -0.2) is 36.5 Å². The molecule has 0 radical (unpaired) electrons. The van der Waals surface area contributed by atoms with Crippen molar-refractivity contribution in [3.8, 4) is 5.75 Å². The van der Waals surface area contributed by atoms with E-state index in [-0.39, 0.29) is 11.9 Å². The molecule has 0 saturated carbocycles. The smallest absolute Gasteiger partial charge is 0.263 e. The third-order valence-corrected chi connectivity index (χ3v) is 3.25. The minimum Gasteiger partial charge on any atom is -0.474 e. The van der Waals surface area contributed by atoms with E-state index in [0.29, 0.717) is 24.9 Å². The van der Waals surface area contributed by atoms with Gasteiger partial charge in [-0.05, 0) is 31.0 Å². The van der Waals surface area contributed by atoms with E-state index in [0.717, 1.165) is 0 Å². The largest absolute Gasteiger partial charge is 0.474 e. The average molecular weight is 284 g/mol. The fourth-order valence-corrected chi connectivity index (χ4v) is 2.26. The predicted molar refractivity (Wildman–Crippen MR) is 70.4 cm³/mol. The summed E-state index contributed by atoms with van der Waals surface area (Å²) in [6, 6.07) is 2.21. The number of ether oxygens (including phenoxy) is 1. The molecule has 0 bridgehead atoms. The molecule has 2 rings (SSSR count). The highest BCUT2D eigenvalue weighted by molar-refractivity contribution is 5.83. The number of nitrogens with zero attached hydrogens (tertiary/aromatic N) is 1. The molecule has 0 aliphatic carbocycles. The molecule has 2 unspecified atom stereocenters. The zero-order chi connectivity index (χ0) is 14.9. The SMILES string of the molecule is CC(N)Cc1cc(F)c(OC2CCN(C)C2=O)c(F)c1. The molecule has 0 spiro atoms. The van der Waals surface area contributed by atoms with Gasteiger partial charge in [0.25, 0.3) is 5.91 Å². The standard InChI is InChI=1S/C14H18F2N2O2/c1-8(17)5-9-6-10(15)13(11(16)7-9)20-12-3-4-18(2)14(12)19/h6-8,12H,3-5,17H2,1-2H3. The van der Waals surface area contributed by atoms with E-state index in [1.54, 1.807) is 14.0 Å². The molecular weight excluding hydrogens is 266 g/mol. The number of likely N-dealkylation sites (tertiary alicyclic amines) is 1. The molecule has 2 atom stereocenters. The number of likely N-dealkylation sites (N-methyl/N-ethyl adjacent to an activating group) is 1. The van der Waals surface area contributed by atoms with Crippen molar-refractivity contribution in [3.63, 3.8) is 0 Å². The van der Waals surface area contributed by atoms with Crippen LogP contribution in [-0.2, 0) is 11.2 Å². The van der Waals surface area contributed by atoms with Gasteiger partial charge in [0.15, 0.2) is 23.5 Å². The quantitative estimate of drug-likeness (QED) is 0.911. The molecule has 20 heavy (non-hydrogen) atoms. The Balaban J connectivity index is 2.18. The fraction of sp³-hybridized carbons (Fsp3) is 0.500. The lowest BCUT2D eigenvalue weighted by Crippen LogP contribution is -2.30. The van der Waals surface area contributed by atoms with Gasteiger partial charge in [-0.1, -0.05) is 0 Å². The van der Waals surface area contributed by atoms with Crippen LogP contribution in [0.25, 0.3) is 0 Å². The van der Waals surface area contributed by atoms with Crippen LogP contribution in [0.4, 0.5) is 8.78 Å². The number of amides is 1. The topological polar surface area (TPSA) is 55.6 Å². The maximum atomic E-state index is 13.9. The van der Waals surface area contributed by atoms with Gasteiger partial charge in [0.2, 0.25) is 0 Å². The predicted octanol–water partition coefficient (Wildman–Crippen LogP) is 1.46. The molecule has 1 aromatic carbocycles. The van der Waals surface area contributed by atoms with E-state index in [9.17, 15) is 13.6 Å². The van der Waals surface area contributed by atoms with Crippen molar-refractivity contribution in [1.29, 1.82) is 0 Å². The first kappa shape index (κ1) is 14.7. The van der Waals surface area contributed by atoms with Crippen molar-refractivity contribution in [2.75, 3.05) is 13.6 Å². The number of carbonyl (C=O) groups is 1. The normalized spacial score (nSPS) is 20.4. The van der Waals surface area contributed by atoms with E-state index in [2.05, 4.69) is 0 Å². The third kappa shape index (κ3) is 3.07. The maximum absolute atomic E-state index is 13.9. The highest BCUT2D eigenvalue weighted by Crippen LogP contribution is 2.27. The van der Waals surface area contributed by atoms with Crippen molar-refractivity contribution in [2.24, 2.45) is 5.73 Å². The summed E-state index contributed by atoms with van der Waals surface area (Å²) in [6.45, 7) is 2.28. The lowest BCUT2D eigenvalue weighted by Gasteiger charge is -2.15. The molecule has 1 saturated heterocycles. The summed E-state index contributed by atoms with van der Waals surface area (Å²) in [5, 5.41) is 0. The molecule has 1 fully saturated rings. The van der Waals surface area contributed by atoms with Gasteiger partial charge in [0.1, 0.15) is 0 Å². The Bertz CT molecular complexity index is 497. The van der Waals surface area contributed by atoms with Crippen LogP contribution in [0.15, 0.2) is 12.1 Å². The first-order valence-corrected chi connectivity index (χ1v) is 6.53. The van der Waals surface area contributed by atoms with Gasteiger partial charge in [-0.25, -0.2) is 8.78 Å². The second-order valence-corrected chi connectivity index (χ2v) is 5.22. The lowest BCUT2D eigenvalue weighted by molar-refractivity contribution is -0.132. The zero-order valence-corrected chi connectivity index (χ0v) is 11.5. The minimum atomic E-state index is -0.816. The molecule has 0 aromatic heterocycles. The Morgan fingerprint density at radius 2 is 2.05 bits per heavy atom. The van der Waals surface area contributed by atoms with Gasteiger partial charge in [-0.15, -0.1) is 0 Å². The summed E-state index contributed by atoms with van der Waals surface area (Å²) in [4.78, 5) is 13.2. The number of carbonyl (C=O) groups excluding carboxylic acids is 1. The molecule has 6 heteroatoms.